The van der Waals surface area contributed by atoms with Crippen LogP contribution >= 0.6 is 0 Å². The van der Waals surface area contributed by atoms with E-state index in [2.05, 4.69) is 67.5 Å². The van der Waals surface area contributed by atoms with Gasteiger partial charge >= 0.3 is 14.2 Å². The van der Waals surface area contributed by atoms with E-state index < -0.39 is 0 Å². The van der Waals surface area contributed by atoms with E-state index in [4.69, 9.17) is 18.6 Å². The van der Waals surface area contributed by atoms with Crippen LogP contribution in [-0.2, 0) is 18.6 Å². The number of rotatable bonds is 4. The van der Waals surface area contributed by atoms with Gasteiger partial charge in [0.05, 0.1) is 22.4 Å². The minimum atomic E-state index is -0.371. The predicted octanol–water partition coefficient (Wildman–Crippen LogP) is 5.22. The van der Waals surface area contributed by atoms with Crippen LogP contribution in [0.3, 0.4) is 0 Å². The molecular weight excluding hydrogens is 338 g/mol. The van der Waals surface area contributed by atoms with Gasteiger partial charge in [-0.15, -0.1) is 0 Å². The van der Waals surface area contributed by atoms with Gasteiger partial charge in [0, 0.05) is 5.72 Å². The Bertz CT molecular complexity index is 497. The molecule has 0 bridgehead atoms. The quantitative estimate of drug-likeness (QED) is 0.498. The maximum atomic E-state index is 6.38. The van der Waals surface area contributed by atoms with E-state index in [9.17, 15) is 0 Å². The molecule has 152 valence electrons. The molecule has 0 aromatic rings. The van der Waals surface area contributed by atoms with E-state index in [0.29, 0.717) is 5.92 Å². The minimum Gasteiger partial charge on any atom is -0.403 e. The average molecular weight is 376 g/mol. The van der Waals surface area contributed by atoms with Gasteiger partial charge in [-0.05, 0) is 74.1 Å². The Morgan fingerprint density at radius 1 is 0.667 bits per heavy atom. The highest BCUT2D eigenvalue weighted by Gasteiger charge is 2.61. The van der Waals surface area contributed by atoms with Crippen molar-refractivity contribution in [2.75, 3.05) is 0 Å². The minimum absolute atomic E-state index is 0.0889. The molecule has 3 rings (SSSR count). The molecule has 1 saturated carbocycles. The van der Waals surface area contributed by atoms with Crippen molar-refractivity contribution in [2.45, 2.75) is 116 Å². The molecule has 0 radical (unpaired) electrons. The zero-order valence-electron chi connectivity index (χ0n) is 18.6. The molecule has 0 amide bonds. The van der Waals surface area contributed by atoms with Crippen LogP contribution in [0.15, 0.2) is 12.2 Å². The van der Waals surface area contributed by atoms with Crippen LogP contribution in [0.1, 0.15) is 87.5 Å². The topological polar surface area (TPSA) is 36.9 Å². The van der Waals surface area contributed by atoms with Crippen molar-refractivity contribution < 1.29 is 18.6 Å². The zero-order valence-corrected chi connectivity index (χ0v) is 18.6. The average Bonchev–Trinajstić information content (AvgIpc) is 2.88. The maximum absolute atomic E-state index is 6.38. The number of hydrogen-bond acceptors (Lipinski definition) is 4. The Morgan fingerprint density at radius 2 is 1.04 bits per heavy atom. The van der Waals surface area contributed by atoms with Gasteiger partial charge in [-0.1, -0.05) is 31.4 Å². The molecule has 2 heterocycles. The summed E-state index contributed by atoms with van der Waals surface area (Å²) in [5, 5.41) is 0. The summed E-state index contributed by atoms with van der Waals surface area (Å²) < 4.78 is 25.5. The van der Waals surface area contributed by atoms with Gasteiger partial charge in [-0.25, -0.2) is 0 Å². The molecule has 2 aliphatic heterocycles. The fraction of sp³-hybridized carbons (Fsp3) is 0.905. The van der Waals surface area contributed by atoms with Crippen molar-refractivity contribution in [2.24, 2.45) is 5.92 Å². The van der Waals surface area contributed by atoms with Gasteiger partial charge in [-0.2, -0.15) is 0 Å². The summed E-state index contributed by atoms with van der Waals surface area (Å²) in [6.07, 6.45) is 11.2. The van der Waals surface area contributed by atoms with Gasteiger partial charge in [0.25, 0.3) is 0 Å². The maximum Gasteiger partial charge on any atom is 0.462 e. The molecule has 3 aliphatic rings. The molecule has 27 heavy (non-hydrogen) atoms. The Kier molecular flexibility index (Phi) is 5.71. The van der Waals surface area contributed by atoms with Crippen molar-refractivity contribution in [3.8, 4) is 0 Å². The summed E-state index contributed by atoms with van der Waals surface area (Å²) in [5.74, 6) is 0.645. The second-order valence-electron chi connectivity index (χ2n) is 10.6. The lowest BCUT2D eigenvalue weighted by Crippen LogP contribution is -2.41. The van der Waals surface area contributed by atoms with Crippen molar-refractivity contribution in [1.82, 2.24) is 0 Å². The fourth-order valence-electron chi connectivity index (χ4n) is 4.01. The zero-order chi connectivity index (χ0) is 20.1. The van der Waals surface area contributed by atoms with Gasteiger partial charge < -0.3 is 18.6 Å². The lowest BCUT2D eigenvalue weighted by molar-refractivity contribution is 0.00578. The van der Waals surface area contributed by atoms with E-state index in [1.54, 1.807) is 0 Å². The summed E-state index contributed by atoms with van der Waals surface area (Å²) >= 11 is 0. The second kappa shape index (κ2) is 7.19. The summed E-state index contributed by atoms with van der Waals surface area (Å²) in [6.45, 7) is 16.8. The van der Waals surface area contributed by atoms with E-state index >= 15 is 0 Å². The summed E-state index contributed by atoms with van der Waals surface area (Å²) in [4.78, 5) is 0. The first kappa shape index (κ1) is 21.4. The Labute approximate surface area is 167 Å². The molecule has 0 N–H and O–H groups in total. The molecule has 0 atom stereocenters. The van der Waals surface area contributed by atoms with Crippen LogP contribution in [0, 0.1) is 5.92 Å². The molecule has 0 unspecified atom stereocenters. The summed E-state index contributed by atoms with van der Waals surface area (Å²) in [6, 6.07) is 0. The third-order valence-corrected chi connectivity index (χ3v) is 7.43. The van der Waals surface area contributed by atoms with Crippen LogP contribution < -0.4 is 0 Å². The largest absolute Gasteiger partial charge is 0.462 e. The van der Waals surface area contributed by atoms with Crippen LogP contribution in [0.5, 0.6) is 0 Å². The van der Waals surface area contributed by atoms with Gasteiger partial charge in [0.15, 0.2) is 0 Å². The molecule has 4 nitrogen and oxygen atoms in total. The normalized spacial score (nSPS) is 30.0. The van der Waals surface area contributed by atoms with Crippen LogP contribution in [-0.4, -0.2) is 36.6 Å². The lowest BCUT2D eigenvalue weighted by atomic mass is 9.51. The third-order valence-electron chi connectivity index (χ3n) is 7.43. The number of hydrogen-bond donors (Lipinski definition) is 0. The SMILES string of the molecule is CC1(C)OB(C(/C=C/C2CCCCC2)B2OC(C)(C)C(C)(C)O2)OC1(C)C. The second-order valence-corrected chi connectivity index (χ2v) is 10.6. The van der Waals surface area contributed by atoms with Crippen molar-refractivity contribution >= 4 is 14.2 Å². The lowest BCUT2D eigenvalue weighted by Gasteiger charge is -2.32. The monoisotopic (exact) mass is 376 g/mol. The van der Waals surface area contributed by atoms with Crippen molar-refractivity contribution in [3.05, 3.63) is 12.2 Å². The molecule has 3 fully saturated rings. The highest BCUT2D eigenvalue weighted by molar-refractivity contribution is 6.69. The van der Waals surface area contributed by atoms with E-state index in [0.717, 1.165) is 0 Å². The van der Waals surface area contributed by atoms with Crippen LogP contribution in [0.2, 0.25) is 5.72 Å². The highest BCUT2D eigenvalue weighted by Crippen LogP contribution is 2.46. The van der Waals surface area contributed by atoms with E-state index in [1.807, 2.05) is 0 Å². The molecule has 2 saturated heterocycles. The predicted molar refractivity (Wildman–Crippen MR) is 112 cm³/mol. The molecular formula is C21H38B2O4. The summed E-state index contributed by atoms with van der Waals surface area (Å²) in [7, 11) is -0.742. The fourth-order valence-corrected chi connectivity index (χ4v) is 4.01. The first-order chi connectivity index (χ1) is 12.3. The first-order valence-corrected chi connectivity index (χ1v) is 10.7. The molecule has 0 aromatic heterocycles. The molecule has 0 spiro atoms. The molecule has 1 aliphatic carbocycles. The van der Waals surface area contributed by atoms with E-state index in [-0.39, 0.29) is 42.4 Å². The summed E-state index contributed by atoms with van der Waals surface area (Å²) in [5.41, 5.74) is -1.54. The van der Waals surface area contributed by atoms with Gasteiger partial charge in [-0.3, -0.25) is 0 Å². The first-order valence-electron chi connectivity index (χ1n) is 10.7. The van der Waals surface area contributed by atoms with E-state index in [1.165, 1.54) is 32.1 Å². The highest BCUT2D eigenvalue weighted by atomic mass is 16.7. The Hall–Kier alpha value is -0.290. The van der Waals surface area contributed by atoms with Crippen molar-refractivity contribution in [1.29, 1.82) is 0 Å². The van der Waals surface area contributed by atoms with Gasteiger partial charge in [0.2, 0.25) is 0 Å². The standard InChI is InChI=1S/C21H38B2O4/c1-18(2)19(3,4)25-22(24-18)17(15-14-16-12-10-9-11-13-16)23-26-20(5,6)21(7,8)27-23/h14-17H,9-13H2,1-8H3/b15-14+. The molecule has 6 heteroatoms. The smallest absolute Gasteiger partial charge is 0.403 e. The third kappa shape index (κ3) is 4.19. The number of allylic oxidation sites excluding steroid dienone is 2. The molecule has 0 aromatic carbocycles. The van der Waals surface area contributed by atoms with Crippen LogP contribution in [0.4, 0.5) is 0 Å². The Morgan fingerprint density at radius 3 is 1.41 bits per heavy atom. The van der Waals surface area contributed by atoms with Crippen LogP contribution in [0.25, 0.3) is 0 Å². The van der Waals surface area contributed by atoms with Gasteiger partial charge in [0.1, 0.15) is 0 Å². The Balaban J connectivity index is 1.83. The van der Waals surface area contributed by atoms with Crippen molar-refractivity contribution in [3.63, 3.8) is 0 Å².